The zero-order chi connectivity index (χ0) is 19.2. The Morgan fingerprint density at radius 2 is 1.89 bits per heavy atom. The van der Waals surface area contributed by atoms with Crippen LogP contribution in [-0.4, -0.2) is 41.0 Å². The maximum Gasteiger partial charge on any atom is 0.224 e. The summed E-state index contributed by atoms with van der Waals surface area (Å²) in [7, 11) is 1.85. The van der Waals surface area contributed by atoms with E-state index in [9.17, 15) is 0 Å². The van der Waals surface area contributed by atoms with Crippen molar-refractivity contribution in [2.75, 3.05) is 30.8 Å². The molecule has 0 aliphatic carbocycles. The molecule has 0 radical (unpaired) electrons. The van der Waals surface area contributed by atoms with Gasteiger partial charge in [-0.25, -0.2) is 4.98 Å². The number of rotatable bonds is 7. The van der Waals surface area contributed by atoms with E-state index in [4.69, 9.17) is 0 Å². The Hall–Kier alpha value is -2.14. The topological polar surface area (TPSA) is 53.1 Å². The second-order valence-electron chi connectivity index (χ2n) is 8.10. The number of aromatic nitrogens is 2. The molecule has 5 heteroatoms. The van der Waals surface area contributed by atoms with Crippen LogP contribution in [0.3, 0.4) is 0 Å². The third-order valence-electron chi connectivity index (χ3n) is 5.01. The number of likely N-dealkylation sites (tertiary alicyclic amines) is 1. The molecule has 5 nitrogen and oxygen atoms in total. The van der Waals surface area contributed by atoms with Gasteiger partial charge in [0.2, 0.25) is 5.95 Å². The highest BCUT2D eigenvalue weighted by atomic mass is 15.2. The number of anilines is 2. The second kappa shape index (κ2) is 9.18. The Morgan fingerprint density at radius 3 is 2.59 bits per heavy atom. The van der Waals surface area contributed by atoms with Gasteiger partial charge in [0, 0.05) is 37.9 Å². The molecule has 1 aliphatic heterocycles. The molecule has 0 unspecified atom stereocenters. The number of hydrogen-bond acceptors (Lipinski definition) is 5. The molecule has 2 N–H and O–H groups in total. The van der Waals surface area contributed by atoms with E-state index in [0.29, 0.717) is 17.9 Å². The Bertz CT molecular complexity index is 726. The van der Waals surface area contributed by atoms with Gasteiger partial charge in [-0.15, -0.1) is 0 Å². The molecule has 1 fully saturated rings. The third kappa shape index (κ3) is 5.93. The normalized spacial score (nSPS) is 17.9. The molecule has 1 atom stereocenters. The second-order valence-corrected chi connectivity index (χ2v) is 8.10. The van der Waals surface area contributed by atoms with Crippen LogP contribution in [0.15, 0.2) is 30.3 Å². The lowest BCUT2D eigenvalue weighted by atomic mass is 10.0. The Kier molecular flexibility index (Phi) is 6.67. The van der Waals surface area contributed by atoms with Crippen LogP contribution >= 0.6 is 0 Å². The number of nitrogens with zero attached hydrogens (tertiary/aromatic N) is 3. The van der Waals surface area contributed by atoms with Crippen molar-refractivity contribution in [3.05, 3.63) is 47.2 Å². The van der Waals surface area contributed by atoms with Crippen LogP contribution in [-0.2, 0) is 13.0 Å². The summed E-state index contributed by atoms with van der Waals surface area (Å²) in [6, 6.07) is 11.6. The fraction of sp³-hybridized carbons (Fsp3) is 0.545. The van der Waals surface area contributed by atoms with Gasteiger partial charge in [0.15, 0.2) is 0 Å². The minimum absolute atomic E-state index is 0.429. The number of benzene rings is 1. The molecule has 1 aliphatic rings. The molecule has 1 aromatic carbocycles. The summed E-state index contributed by atoms with van der Waals surface area (Å²) < 4.78 is 0. The van der Waals surface area contributed by atoms with E-state index < -0.39 is 0 Å². The number of nitrogens with one attached hydrogen (secondary N) is 2. The summed E-state index contributed by atoms with van der Waals surface area (Å²) >= 11 is 0. The Labute approximate surface area is 163 Å². The average Bonchev–Trinajstić information content (AvgIpc) is 2.63. The van der Waals surface area contributed by atoms with E-state index in [1.807, 2.05) is 20.0 Å². The average molecular weight is 368 g/mol. The summed E-state index contributed by atoms with van der Waals surface area (Å²) in [5, 5.41) is 6.64. The van der Waals surface area contributed by atoms with Gasteiger partial charge in [-0.3, -0.25) is 4.90 Å². The fourth-order valence-corrected chi connectivity index (χ4v) is 3.79. The fourth-order valence-electron chi connectivity index (χ4n) is 3.79. The van der Waals surface area contributed by atoms with Crippen molar-refractivity contribution in [1.29, 1.82) is 0 Å². The van der Waals surface area contributed by atoms with Gasteiger partial charge in [-0.2, -0.15) is 4.98 Å². The first-order valence-electron chi connectivity index (χ1n) is 10.1. The molecule has 3 rings (SSSR count). The standard InChI is InChI=1S/C22H33N5/c1-16(2)12-18-7-9-19(10-8-18)14-27-11-5-6-20(15-27)25-21-13-17(3)24-22(23-4)26-21/h7-10,13,16,20H,5-6,11-12,14-15H2,1-4H3,(H2,23,24,25,26)/t20-/m1/s1. The van der Waals surface area contributed by atoms with Crippen molar-refractivity contribution >= 4 is 11.8 Å². The molecular formula is C22H33N5. The van der Waals surface area contributed by atoms with Crippen LogP contribution < -0.4 is 10.6 Å². The van der Waals surface area contributed by atoms with E-state index in [1.165, 1.54) is 24.0 Å². The van der Waals surface area contributed by atoms with Crippen LogP contribution in [0.2, 0.25) is 0 Å². The lowest BCUT2D eigenvalue weighted by molar-refractivity contribution is 0.208. The third-order valence-corrected chi connectivity index (χ3v) is 5.01. The molecule has 146 valence electrons. The molecule has 0 spiro atoms. The lowest BCUT2D eigenvalue weighted by Gasteiger charge is -2.33. The first-order valence-corrected chi connectivity index (χ1v) is 10.1. The van der Waals surface area contributed by atoms with Gasteiger partial charge in [-0.05, 0) is 49.8 Å². The SMILES string of the molecule is CNc1nc(C)cc(N[C@@H]2CCCN(Cc3ccc(CC(C)C)cc3)C2)n1. The molecular weight excluding hydrogens is 334 g/mol. The summed E-state index contributed by atoms with van der Waals surface area (Å²) in [6.45, 7) is 9.78. The van der Waals surface area contributed by atoms with Crippen molar-refractivity contribution in [3.8, 4) is 0 Å². The molecule has 1 aromatic heterocycles. The van der Waals surface area contributed by atoms with Crippen molar-refractivity contribution in [2.24, 2.45) is 5.92 Å². The van der Waals surface area contributed by atoms with Crippen LogP contribution in [0, 0.1) is 12.8 Å². The van der Waals surface area contributed by atoms with Crippen LogP contribution in [0.5, 0.6) is 0 Å². The maximum atomic E-state index is 4.54. The number of hydrogen-bond donors (Lipinski definition) is 2. The molecule has 2 heterocycles. The van der Waals surface area contributed by atoms with E-state index in [0.717, 1.165) is 37.6 Å². The highest BCUT2D eigenvalue weighted by Crippen LogP contribution is 2.19. The van der Waals surface area contributed by atoms with Crippen molar-refractivity contribution in [1.82, 2.24) is 14.9 Å². The lowest BCUT2D eigenvalue weighted by Crippen LogP contribution is -2.41. The van der Waals surface area contributed by atoms with Gasteiger partial charge in [0.25, 0.3) is 0 Å². The first kappa shape index (κ1) is 19.6. The molecule has 27 heavy (non-hydrogen) atoms. The largest absolute Gasteiger partial charge is 0.366 e. The maximum absolute atomic E-state index is 4.54. The van der Waals surface area contributed by atoms with Gasteiger partial charge in [0.1, 0.15) is 5.82 Å². The van der Waals surface area contributed by atoms with Crippen LogP contribution in [0.25, 0.3) is 0 Å². The van der Waals surface area contributed by atoms with E-state index in [-0.39, 0.29) is 0 Å². The quantitative estimate of drug-likeness (QED) is 0.771. The van der Waals surface area contributed by atoms with Crippen LogP contribution in [0.1, 0.15) is 43.5 Å². The predicted molar refractivity (Wildman–Crippen MR) is 113 cm³/mol. The highest BCUT2D eigenvalue weighted by Gasteiger charge is 2.20. The number of aryl methyl sites for hydroxylation is 1. The molecule has 2 aromatic rings. The van der Waals surface area contributed by atoms with Crippen molar-refractivity contribution in [3.63, 3.8) is 0 Å². The molecule has 0 bridgehead atoms. The zero-order valence-corrected chi connectivity index (χ0v) is 17.1. The van der Waals surface area contributed by atoms with E-state index in [1.54, 1.807) is 0 Å². The first-order chi connectivity index (χ1) is 13.0. The summed E-state index contributed by atoms with van der Waals surface area (Å²) in [5.41, 5.74) is 3.82. The van der Waals surface area contributed by atoms with E-state index >= 15 is 0 Å². The molecule has 0 amide bonds. The monoisotopic (exact) mass is 367 g/mol. The van der Waals surface area contributed by atoms with E-state index in [2.05, 4.69) is 63.6 Å². The van der Waals surface area contributed by atoms with Crippen molar-refractivity contribution < 1.29 is 0 Å². The smallest absolute Gasteiger partial charge is 0.224 e. The molecule has 1 saturated heterocycles. The van der Waals surface area contributed by atoms with Gasteiger partial charge in [0.05, 0.1) is 0 Å². The van der Waals surface area contributed by atoms with Gasteiger partial charge < -0.3 is 10.6 Å². The molecule has 0 saturated carbocycles. The zero-order valence-electron chi connectivity index (χ0n) is 17.1. The van der Waals surface area contributed by atoms with Crippen LogP contribution in [0.4, 0.5) is 11.8 Å². The minimum Gasteiger partial charge on any atom is -0.366 e. The number of piperidine rings is 1. The Balaban J connectivity index is 1.57. The van der Waals surface area contributed by atoms with Gasteiger partial charge in [-0.1, -0.05) is 38.1 Å². The van der Waals surface area contributed by atoms with Gasteiger partial charge >= 0.3 is 0 Å². The Morgan fingerprint density at radius 1 is 1.15 bits per heavy atom. The predicted octanol–water partition coefficient (Wildman–Crippen LogP) is 4.10. The highest BCUT2D eigenvalue weighted by molar-refractivity contribution is 5.42. The summed E-state index contributed by atoms with van der Waals surface area (Å²) in [6.07, 6.45) is 3.55. The summed E-state index contributed by atoms with van der Waals surface area (Å²) in [4.78, 5) is 11.5. The van der Waals surface area contributed by atoms with Crippen molar-refractivity contribution in [2.45, 2.75) is 52.6 Å². The summed E-state index contributed by atoms with van der Waals surface area (Å²) in [5.74, 6) is 2.29. The minimum atomic E-state index is 0.429.